The van der Waals surface area contributed by atoms with Gasteiger partial charge in [0, 0.05) is 5.56 Å². The Bertz CT molecular complexity index is 1350. The molecule has 1 N–H and O–H groups in total. The molecule has 0 bridgehead atoms. The van der Waals surface area contributed by atoms with Crippen molar-refractivity contribution in [3.8, 4) is 0 Å². The van der Waals surface area contributed by atoms with E-state index >= 15 is 0 Å². The number of hydrogen-bond acceptors (Lipinski definition) is 12. The van der Waals surface area contributed by atoms with E-state index in [9.17, 15) is 24.0 Å². The molecule has 0 aliphatic heterocycles. The molecule has 3 rings (SSSR count). The zero-order valence-electron chi connectivity index (χ0n) is 19.8. The van der Waals surface area contributed by atoms with Crippen LogP contribution in [0.1, 0.15) is 47.2 Å². The molecule has 0 aliphatic carbocycles. The van der Waals surface area contributed by atoms with Crippen molar-refractivity contribution in [2.75, 3.05) is 0 Å². The Morgan fingerprint density at radius 2 is 1.42 bits per heavy atom. The van der Waals surface area contributed by atoms with E-state index in [0.717, 1.165) is 0 Å². The molecule has 0 saturated carbocycles. The number of hydrogen-bond donors (Lipinski definition) is 1. The van der Waals surface area contributed by atoms with Crippen LogP contribution in [0.25, 0.3) is 0 Å². The van der Waals surface area contributed by atoms with E-state index in [1.54, 1.807) is 30.3 Å². The van der Waals surface area contributed by atoms with Gasteiger partial charge < -0.3 is 32.5 Å². The summed E-state index contributed by atoms with van der Waals surface area (Å²) in [4.78, 5) is 60.8. The molecule has 0 radical (unpaired) electrons. The van der Waals surface area contributed by atoms with Crippen molar-refractivity contribution in [1.29, 1.82) is 0 Å². The van der Waals surface area contributed by atoms with Gasteiger partial charge >= 0.3 is 22.9 Å². The highest BCUT2D eigenvalue weighted by molar-refractivity contribution is 8.14. The third-order valence-electron chi connectivity index (χ3n) is 4.93. The van der Waals surface area contributed by atoms with Gasteiger partial charge in [0.1, 0.15) is 6.04 Å². The monoisotopic (exact) mass is 521 g/mol. The van der Waals surface area contributed by atoms with Crippen LogP contribution in [-0.2, 0) is 27.5 Å². The molecule has 0 spiro atoms. The summed E-state index contributed by atoms with van der Waals surface area (Å²) in [6.07, 6.45) is 0. The van der Waals surface area contributed by atoms with Crippen LogP contribution in [0.5, 0.6) is 0 Å². The number of ether oxygens (including phenoxy) is 2. The first kappa shape index (κ1) is 26.6. The lowest BCUT2D eigenvalue weighted by atomic mass is 10.0. The number of carbonyl (C=O) groups excluding carboxylic acids is 3. The van der Waals surface area contributed by atoms with Gasteiger partial charge in [-0.25, -0.2) is 19.2 Å². The molecule has 192 valence electrons. The fraction of sp³-hybridized carbons (Fsp3) is 0.348. The molecule has 13 heteroatoms. The molecule has 2 heterocycles. The molecule has 1 amide bonds. The maximum absolute atomic E-state index is 13.0. The summed E-state index contributed by atoms with van der Waals surface area (Å²) >= 11 is 0.617. The highest BCUT2D eigenvalue weighted by atomic mass is 32.2. The van der Waals surface area contributed by atoms with Crippen LogP contribution in [0.15, 0.2) is 57.6 Å². The molecule has 0 aliphatic rings. The molecule has 0 unspecified atom stereocenters. The molecule has 1 aromatic carbocycles. The minimum Gasteiger partial charge on any atom is -0.456 e. The average Bonchev–Trinajstić information content (AvgIpc) is 3.32. The van der Waals surface area contributed by atoms with Crippen molar-refractivity contribution >= 4 is 28.9 Å². The largest absolute Gasteiger partial charge is 0.519 e. The molecule has 0 fully saturated rings. The lowest BCUT2D eigenvalue weighted by Crippen LogP contribution is -2.53. The Balaban J connectivity index is 1.74. The van der Waals surface area contributed by atoms with Gasteiger partial charge in [-0.15, -0.1) is 0 Å². The number of nitrogens with one attached hydrogen (secondary N) is 1. The second-order valence-corrected chi connectivity index (χ2v) is 9.58. The van der Waals surface area contributed by atoms with Crippen LogP contribution < -0.4 is 17.0 Å². The number of rotatable bonds is 9. The van der Waals surface area contributed by atoms with Crippen molar-refractivity contribution in [3.63, 3.8) is 0 Å². The quantitative estimate of drug-likeness (QED) is 0.409. The van der Waals surface area contributed by atoms with E-state index < -0.39 is 46.2 Å². The van der Waals surface area contributed by atoms with Crippen LogP contribution in [0, 0.1) is 13.8 Å². The predicted octanol–water partition coefficient (Wildman–Crippen LogP) is 3.09. The summed E-state index contributed by atoms with van der Waals surface area (Å²) in [5, 5.41) is 1.78. The molecule has 0 saturated heterocycles. The molecule has 2 aromatic heterocycles. The van der Waals surface area contributed by atoms with E-state index in [4.69, 9.17) is 27.1 Å². The summed E-state index contributed by atoms with van der Waals surface area (Å²) in [6.45, 7) is 5.19. The third-order valence-corrected chi connectivity index (χ3v) is 5.97. The standard InChI is InChI=1S/C23H23NO11S/c1-12-15(34-20(27)32-12)10-30-19(26)17(24-18(25)14-8-6-5-7-9-14)23(3,4)36-22(29)31-11-16-13(2)33-21(28)35-16/h5-9,17H,10-11H2,1-4H3,(H,24,25)/t17-/m0/s1. The van der Waals surface area contributed by atoms with E-state index in [1.807, 2.05) is 0 Å². The minimum atomic E-state index is -1.34. The first-order chi connectivity index (χ1) is 17.0. The Morgan fingerprint density at radius 1 is 0.889 bits per heavy atom. The topological polar surface area (TPSA) is 168 Å². The molecule has 12 nitrogen and oxygen atoms in total. The lowest BCUT2D eigenvalue weighted by molar-refractivity contribution is -0.148. The highest BCUT2D eigenvalue weighted by Crippen LogP contribution is 2.31. The van der Waals surface area contributed by atoms with Gasteiger partial charge in [0.15, 0.2) is 36.3 Å². The zero-order chi connectivity index (χ0) is 26.5. The van der Waals surface area contributed by atoms with E-state index in [0.29, 0.717) is 11.8 Å². The number of amides is 1. The van der Waals surface area contributed by atoms with Gasteiger partial charge in [-0.05, 0) is 51.6 Å². The molecule has 3 aromatic rings. The van der Waals surface area contributed by atoms with Gasteiger partial charge in [-0.3, -0.25) is 4.79 Å². The van der Waals surface area contributed by atoms with Crippen LogP contribution in [0.4, 0.5) is 4.79 Å². The molecular weight excluding hydrogens is 498 g/mol. The van der Waals surface area contributed by atoms with Crippen LogP contribution in [0.2, 0.25) is 0 Å². The van der Waals surface area contributed by atoms with Crippen molar-refractivity contribution in [3.05, 3.63) is 80.2 Å². The second-order valence-electron chi connectivity index (χ2n) is 7.99. The minimum absolute atomic E-state index is 0.00308. The van der Waals surface area contributed by atoms with Crippen LogP contribution >= 0.6 is 11.8 Å². The summed E-state index contributed by atoms with van der Waals surface area (Å²) < 4.78 is 28.2. The second kappa shape index (κ2) is 11.2. The van der Waals surface area contributed by atoms with Crippen LogP contribution in [0.3, 0.4) is 0 Å². The van der Waals surface area contributed by atoms with Gasteiger partial charge in [0.25, 0.3) is 5.91 Å². The van der Waals surface area contributed by atoms with Crippen molar-refractivity contribution in [1.82, 2.24) is 5.32 Å². The van der Waals surface area contributed by atoms with Crippen molar-refractivity contribution in [2.45, 2.75) is 51.7 Å². The fourth-order valence-electron chi connectivity index (χ4n) is 2.98. The zero-order valence-corrected chi connectivity index (χ0v) is 20.6. The summed E-state index contributed by atoms with van der Waals surface area (Å²) in [5.74, 6) is -3.02. The maximum Gasteiger partial charge on any atom is 0.519 e. The first-order valence-corrected chi connectivity index (χ1v) is 11.3. The summed E-state index contributed by atoms with van der Waals surface area (Å²) in [6, 6.07) is 6.80. The fourth-order valence-corrected chi connectivity index (χ4v) is 3.80. The maximum atomic E-state index is 13.0. The van der Waals surface area contributed by atoms with Crippen molar-refractivity contribution < 1.29 is 41.5 Å². The van der Waals surface area contributed by atoms with Gasteiger partial charge in [0.05, 0.1) is 4.75 Å². The first-order valence-electron chi connectivity index (χ1n) is 10.5. The van der Waals surface area contributed by atoms with E-state index in [2.05, 4.69) is 5.32 Å². The average molecular weight is 522 g/mol. The number of carbonyl (C=O) groups is 3. The highest BCUT2D eigenvalue weighted by Gasteiger charge is 2.41. The smallest absolute Gasteiger partial charge is 0.456 e. The van der Waals surface area contributed by atoms with E-state index in [1.165, 1.54) is 27.7 Å². The molecule has 1 atom stereocenters. The molecular formula is C23H23NO11S. The Labute approximate surface area is 207 Å². The van der Waals surface area contributed by atoms with Gasteiger partial charge in [0.2, 0.25) is 0 Å². The number of benzene rings is 1. The molecule has 36 heavy (non-hydrogen) atoms. The summed E-state index contributed by atoms with van der Waals surface area (Å²) in [5.41, 5.74) is 0.279. The SMILES string of the molecule is Cc1oc(=O)oc1COC(=O)SC(C)(C)[C@@H](NC(=O)c1ccccc1)C(=O)OCc1oc(=O)oc1C. The Morgan fingerprint density at radius 3 is 1.92 bits per heavy atom. The number of thioether (sulfide) groups is 1. The lowest BCUT2D eigenvalue weighted by Gasteiger charge is -2.31. The van der Waals surface area contributed by atoms with Crippen LogP contribution in [-0.4, -0.2) is 28.0 Å². The van der Waals surface area contributed by atoms with E-state index in [-0.39, 0.29) is 35.2 Å². The van der Waals surface area contributed by atoms with Crippen molar-refractivity contribution in [2.24, 2.45) is 0 Å². The Kier molecular flexibility index (Phi) is 8.25. The Hall–Kier alpha value is -4.00. The number of esters is 1. The number of aryl methyl sites for hydroxylation is 2. The van der Waals surface area contributed by atoms with Gasteiger partial charge in [-0.2, -0.15) is 0 Å². The predicted molar refractivity (Wildman–Crippen MR) is 123 cm³/mol. The third kappa shape index (κ3) is 6.78. The summed E-state index contributed by atoms with van der Waals surface area (Å²) in [7, 11) is 0. The van der Waals surface area contributed by atoms with Gasteiger partial charge in [-0.1, -0.05) is 18.2 Å². The normalized spacial score (nSPS) is 12.1.